The molecule has 1 aliphatic heterocycles. The van der Waals surface area contributed by atoms with E-state index in [1.807, 2.05) is 31.2 Å². The van der Waals surface area contributed by atoms with Crippen molar-refractivity contribution in [3.8, 4) is 5.75 Å². The number of morpholine rings is 1. The van der Waals surface area contributed by atoms with E-state index in [0.717, 1.165) is 11.3 Å². The van der Waals surface area contributed by atoms with Gasteiger partial charge in [0.2, 0.25) is 15.9 Å². The number of amides is 1. The Kier molecular flexibility index (Phi) is 6.68. The van der Waals surface area contributed by atoms with Crippen LogP contribution in [-0.2, 0) is 19.6 Å². The van der Waals surface area contributed by atoms with Crippen molar-refractivity contribution in [2.24, 2.45) is 0 Å². The van der Waals surface area contributed by atoms with Crippen molar-refractivity contribution in [1.29, 1.82) is 0 Å². The van der Waals surface area contributed by atoms with Crippen molar-refractivity contribution >= 4 is 27.7 Å². The van der Waals surface area contributed by atoms with Crippen LogP contribution in [0.1, 0.15) is 11.1 Å². The number of benzene rings is 2. The predicted molar refractivity (Wildman–Crippen MR) is 111 cm³/mol. The fraction of sp³-hybridized carbons (Fsp3) is 0.286. The monoisotopic (exact) mass is 416 g/mol. The molecule has 154 valence electrons. The summed E-state index contributed by atoms with van der Waals surface area (Å²) >= 11 is 0. The minimum atomic E-state index is -3.73. The number of hydrogen-bond acceptors (Lipinski definition) is 5. The van der Waals surface area contributed by atoms with Crippen LogP contribution in [0.15, 0.2) is 53.4 Å². The van der Waals surface area contributed by atoms with Crippen LogP contribution in [0.4, 0.5) is 5.69 Å². The van der Waals surface area contributed by atoms with E-state index in [4.69, 9.17) is 9.47 Å². The lowest BCUT2D eigenvalue weighted by Gasteiger charge is -2.26. The summed E-state index contributed by atoms with van der Waals surface area (Å²) in [5.74, 6) is -0.0364. The topological polar surface area (TPSA) is 84.9 Å². The van der Waals surface area contributed by atoms with E-state index in [0.29, 0.717) is 31.9 Å². The maximum absolute atomic E-state index is 13.0. The molecular weight excluding hydrogens is 392 g/mol. The Hall–Kier alpha value is -2.68. The summed E-state index contributed by atoms with van der Waals surface area (Å²) in [5.41, 5.74) is 2.27. The molecule has 3 rings (SSSR count). The molecule has 0 radical (unpaired) electrons. The number of nitrogens with one attached hydrogen (secondary N) is 1. The molecule has 0 bridgehead atoms. The number of aryl methyl sites for hydroxylation is 1. The minimum Gasteiger partial charge on any atom is -0.495 e. The van der Waals surface area contributed by atoms with E-state index in [9.17, 15) is 13.2 Å². The number of hydrogen-bond donors (Lipinski definition) is 1. The number of rotatable bonds is 6. The average molecular weight is 416 g/mol. The predicted octanol–water partition coefficient (Wildman–Crippen LogP) is 2.68. The van der Waals surface area contributed by atoms with E-state index >= 15 is 0 Å². The van der Waals surface area contributed by atoms with Gasteiger partial charge in [0.15, 0.2) is 0 Å². The molecule has 0 saturated carbocycles. The second-order valence-corrected chi connectivity index (χ2v) is 8.47. The molecule has 0 atom stereocenters. The summed E-state index contributed by atoms with van der Waals surface area (Å²) in [6, 6.07) is 12.3. The zero-order valence-corrected chi connectivity index (χ0v) is 17.2. The molecule has 0 spiro atoms. The van der Waals surface area contributed by atoms with Gasteiger partial charge in [-0.1, -0.05) is 24.3 Å². The van der Waals surface area contributed by atoms with Crippen molar-refractivity contribution in [3.63, 3.8) is 0 Å². The second-order valence-electron chi connectivity index (χ2n) is 6.56. The molecule has 1 aliphatic rings. The van der Waals surface area contributed by atoms with Crippen LogP contribution in [-0.4, -0.2) is 52.0 Å². The van der Waals surface area contributed by atoms with Crippen molar-refractivity contribution in [1.82, 2.24) is 4.31 Å². The van der Waals surface area contributed by atoms with Gasteiger partial charge in [-0.2, -0.15) is 4.31 Å². The molecule has 0 aliphatic carbocycles. The number of carbonyl (C=O) groups excluding carboxylic acids is 1. The zero-order valence-electron chi connectivity index (χ0n) is 16.4. The van der Waals surface area contributed by atoms with Gasteiger partial charge in [-0.15, -0.1) is 0 Å². The third-order valence-corrected chi connectivity index (χ3v) is 6.53. The first kappa shape index (κ1) is 21.0. The smallest absolute Gasteiger partial charge is 0.248 e. The van der Waals surface area contributed by atoms with Crippen molar-refractivity contribution < 1.29 is 22.7 Å². The molecule has 7 nitrogen and oxygen atoms in total. The summed E-state index contributed by atoms with van der Waals surface area (Å²) in [4.78, 5) is 12.3. The first-order valence-corrected chi connectivity index (χ1v) is 10.7. The Morgan fingerprint density at radius 1 is 1.17 bits per heavy atom. The van der Waals surface area contributed by atoms with Gasteiger partial charge in [-0.25, -0.2) is 8.42 Å². The van der Waals surface area contributed by atoms with E-state index in [-0.39, 0.29) is 16.6 Å². The Morgan fingerprint density at radius 3 is 2.59 bits per heavy atom. The van der Waals surface area contributed by atoms with Crippen LogP contribution in [0.2, 0.25) is 0 Å². The first-order chi connectivity index (χ1) is 13.9. The molecule has 2 aromatic carbocycles. The van der Waals surface area contributed by atoms with Crippen LogP contribution in [0.5, 0.6) is 5.75 Å². The lowest BCUT2D eigenvalue weighted by molar-refractivity contribution is -0.111. The number of anilines is 1. The van der Waals surface area contributed by atoms with Crippen LogP contribution < -0.4 is 10.1 Å². The fourth-order valence-corrected chi connectivity index (χ4v) is 4.58. The summed E-state index contributed by atoms with van der Waals surface area (Å²) in [7, 11) is -2.30. The summed E-state index contributed by atoms with van der Waals surface area (Å²) in [6.07, 6.45) is 2.95. The van der Waals surface area contributed by atoms with Gasteiger partial charge in [0.1, 0.15) is 10.6 Å². The Bertz CT molecular complexity index is 1010. The molecule has 1 saturated heterocycles. The van der Waals surface area contributed by atoms with Gasteiger partial charge in [0.05, 0.1) is 20.3 Å². The SMILES string of the molecule is COc1ccc(/C=C/C(=O)Nc2ccccc2C)cc1S(=O)(=O)N1CCOCC1. The van der Waals surface area contributed by atoms with Crippen LogP contribution in [0.3, 0.4) is 0 Å². The molecule has 0 unspecified atom stereocenters. The quantitative estimate of drug-likeness (QED) is 0.732. The van der Waals surface area contributed by atoms with Crippen molar-refractivity contribution in [2.75, 3.05) is 38.7 Å². The van der Waals surface area contributed by atoms with Crippen LogP contribution in [0, 0.1) is 6.92 Å². The molecule has 8 heteroatoms. The fourth-order valence-electron chi connectivity index (χ4n) is 2.98. The highest BCUT2D eigenvalue weighted by Crippen LogP contribution is 2.29. The number of carbonyl (C=O) groups is 1. The van der Waals surface area contributed by atoms with Gasteiger partial charge < -0.3 is 14.8 Å². The van der Waals surface area contributed by atoms with E-state index in [1.54, 1.807) is 18.2 Å². The largest absolute Gasteiger partial charge is 0.495 e. The lowest BCUT2D eigenvalue weighted by atomic mass is 10.2. The van der Waals surface area contributed by atoms with E-state index in [1.165, 1.54) is 23.6 Å². The summed E-state index contributed by atoms with van der Waals surface area (Å²) in [5, 5.41) is 2.81. The minimum absolute atomic E-state index is 0.0726. The maximum Gasteiger partial charge on any atom is 0.248 e. The van der Waals surface area contributed by atoms with Crippen molar-refractivity contribution in [3.05, 3.63) is 59.7 Å². The maximum atomic E-state index is 13.0. The van der Waals surface area contributed by atoms with Gasteiger partial charge in [-0.3, -0.25) is 4.79 Å². The molecule has 1 heterocycles. The molecule has 1 N–H and O–H groups in total. The van der Waals surface area contributed by atoms with Crippen LogP contribution in [0.25, 0.3) is 6.08 Å². The standard InChI is InChI=1S/C21H24N2O5S/c1-16-5-3-4-6-18(16)22-21(24)10-8-17-7-9-19(27-2)20(15-17)29(25,26)23-11-13-28-14-12-23/h3-10,15H,11-14H2,1-2H3,(H,22,24)/b10-8+. The second kappa shape index (κ2) is 9.21. The Labute approximate surface area is 171 Å². The van der Waals surface area contributed by atoms with E-state index in [2.05, 4.69) is 5.32 Å². The average Bonchev–Trinajstić information content (AvgIpc) is 2.74. The van der Waals surface area contributed by atoms with Gasteiger partial charge in [-0.05, 0) is 42.3 Å². The zero-order chi connectivity index (χ0) is 20.9. The molecule has 2 aromatic rings. The van der Waals surface area contributed by atoms with Crippen LogP contribution >= 0.6 is 0 Å². The van der Waals surface area contributed by atoms with Crippen molar-refractivity contribution in [2.45, 2.75) is 11.8 Å². The highest BCUT2D eigenvalue weighted by molar-refractivity contribution is 7.89. The molecule has 0 aromatic heterocycles. The third kappa shape index (κ3) is 5.03. The van der Waals surface area contributed by atoms with Gasteiger partial charge >= 0.3 is 0 Å². The number of nitrogens with zero attached hydrogens (tertiary/aromatic N) is 1. The number of para-hydroxylation sites is 1. The van der Waals surface area contributed by atoms with Gasteiger partial charge in [0, 0.05) is 24.9 Å². The Balaban J connectivity index is 1.82. The highest BCUT2D eigenvalue weighted by Gasteiger charge is 2.29. The van der Waals surface area contributed by atoms with Gasteiger partial charge in [0.25, 0.3) is 0 Å². The Morgan fingerprint density at radius 2 is 1.90 bits per heavy atom. The number of sulfonamides is 1. The third-order valence-electron chi connectivity index (χ3n) is 4.61. The number of methoxy groups -OCH3 is 1. The molecular formula is C21H24N2O5S. The molecule has 1 amide bonds. The lowest BCUT2D eigenvalue weighted by Crippen LogP contribution is -2.40. The normalized spacial score (nSPS) is 15.4. The van der Waals surface area contributed by atoms with E-state index < -0.39 is 10.0 Å². The summed E-state index contributed by atoms with van der Waals surface area (Å²) < 4.78 is 37.9. The molecule has 1 fully saturated rings. The number of ether oxygens (including phenoxy) is 2. The molecule has 29 heavy (non-hydrogen) atoms. The first-order valence-electron chi connectivity index (χ1n) is 9.22. The highest BCUT2D eigenvalue weighted by atomic mass is 32.2. The summed E-state index contributed by atoms with van der Waals surface area (Å²) in [6.45, 7) is 3.22.